The number of rotatable bonds is 4. The molecule has 0 saturated heterocycles. The highest BCUT2D eigenvalue weighted by Gasteiger charge is 2.22. The number of nitrogens with two attached hydrogens (primary N) is 1. The van der Waals surface area contributed by atoms with Crippen molar-refractivity contribution in [1.82, 2.24) is 0 Å². The molecule has 0 fully saturated rings. The van der Waals surface area contributed by atoms with E-state index in [-0.39, 0.29) is 11.4 Å². The van der Waals surface area contributed by atoms with Crippen LogP contribution in [0.2, 0.25) is 0 Å². The first-order chi connectivity index (χ1) is 8.53. The fraction of sp³-hybridized carbons (Fsp3) is 0.455. The highest BCUT2D eigenvalue weighted by molar-refractivity contribution is 7.91. The van der Waals surface area contributed by atoms with Crippen molar-refractivity contribution in [3.63, 3.8) is 0 Å². The molecule has 6 nitrogen and oxygen atoms in total. The Morgan fingerprint density at radius 3 is 2.61 bits per heavy atom. The van der Waals surface area contributed by atoms with Crippen LogP contribution in [0.4, 0.5) is 0 Å². The second-order valence-electron chi connectivity index (χ2n) is 3.98. The Hall–Kier alpha value is -1.31. The molecule has 100 valence electrons. The van der Waals surface area contributed by atoms with Gasteiger partial charge in [0, 0.05) is 12.6 Å². The maximum atomic E-state index is 12.0. The SMILES string of the molecule is NCC(O)CS(=O)(=O)c1ccc2c(c1)OCCO2. The largest absolute Gasteiger partial charge is 0.486 e. The minimum absolute atomic E-state index is 0.0935. The van der Waals surface area contributed by atoms with Crippen LogP contribution in [0.25, 0.3) is 0 Å². The molecule has 0 spiro atoms. The maximum absolute atomic E-state index is 12.0. The number of hydrogen-bond donors (Lipinski definition) is 2. The van der Waals surface area contributed by atoms with E-state index in [2.05, 4.69) is 0 Å². The molecule has 1 aliphatic heterocycles. The van der Waals surface area contributed by atoms with Crippen molar-refractivity contribution < 1.29 is 23.0 Å². The van der Waals surface area contributed by atoms with E-state index in [4.69, 9.17) is 15.2 Å². The molecule has 0 amide bonds. The third kappa shape index (κ3) is 2.74. The Balaban J connectivity index is 2.28. The van der Waals surface area contributed by atoms with E-state index in [1.54, 1.807) is 6.07 Å². The van der Waals surface area contributed by atoms with Crippen LogP contribution in [0.1, 0.15) is 0 Å². The molecule has 3 N–H and O–H groups in total. The summed E-state index contributed by atoms with van der Waals surface area (Å²) in [5, 5.41) is 9.33. The number of aliphatic hydroxyl groups is 1. The first-order valence-corrected chi connectivity index (χ1v) is 7.18. The predicted molar refractivity (Wildman–Crippen MR) is 64.5 cm³/mol. The molecule has 1 atom stereocenters. The van der Waals surface area contributed by atoms with Crippen molar-refractivity contribution in [2.75, 3.05) is 25.5 Å². The number of benzene rings is 1. The van der Waals surface area contributed by atoms with E-state index in [0.717, 1.165) is 0 Å². The average molecular weight is 273 g/mol. The van der Waals surface area contributed by atoms with Gasteiger partial charge in [-0.25, -0.2) is 8.42 Å². The van der Waals surface area contributed by atoms with Crippen molar-refractivity contribution in [3.8, 4) is 11.5 Å². The minimum Gasteiger partial charge on any atom is -0.486 e. The number of aliphatic hydroxyl groups excluding tert-OH is 1. The number of hydrogen-bond acceptors (Lipinski definition) is 6. The molecule has 0 saturated carbocycles. The predicted octanol–water partition coefficient (Wildman–Crippen LogP) is -0.449. The summed E-state index contributed by atoms with van der Waals surface area (Å²) in [7, 11) is -3.57. The summed E-state index contributed by atoms with van der Waals surface area (Å²) in [6, 6.07) is 4.40. The quantitative estimate of drug-likeness (QED) is 0.771. The smallest absolute Gasteiger partial charge is 0.181 e. The summed E-state index contributed by atoms with van der Waals surface area (Å²) in [6.07, 6.45) is -1.07. The zero-order chi connectivity index (χ0) is 13.2. The molecule has 1 aromatic rings. The Morgan fingerprint density at radius 1 is 1.28 bits per heavy atom. The lowest BCUT2D eigenvalue weighted by molar-refractivity contribution is 0.171. The highest BCUT2D eigenvalue weighted by Crippen LogP contribution is 2.32. The molecular formula is C11H15NO5S. The second kappa shape index (κ2) is 5.13. The van der Waals surface area contributed by atoms with Crippen LogP contribution in [-0.4, -0.2) is 45.1 Å². The maximum Gasteiger partial charge on any atom is 0.181 e. The molecule has 0 radical (unpaired) electrons. The van der Waals surface area contributed by atoms with Gasteiger partial charge in [-0.3, -0.25) is 0 Å². The zero-order valence-corrected chi connectivity index (χ0v) is 10.5. The molecule has 7 heteroatoms. The van der Waals surface area contributed by atoms with Crippen LogP contribution in [-0.2, 0) is 9.84 Å². The van der Waals surface area contributed by atoms with Gasteiger partial charge in [0.25, 0.3) is 0 Å². The van der Waals surface area contributed by atoms with Crippen LogP contribution in [0.3, 0.4) is 0 Å². The van der Waals surface area contributed by atoms with Crippen LogP contribution < -0.4 is 15.2 Å². The summed E-state index contributed by atoms with van der Waals surface area (Å²) in [4.78, 5) is 0.0965. The summed E-state index contributed by atoms with van der Waals surface area (Å²) < 4.78 is 34.6. The first kappa shape index (κ1) is 13.1. The summed E-state index contributed by atoms with van der Waals surface area (Å²) in [5.41, 5.74) is 5.21. The monoisotopic (exact) mass is 273 g/mol. The summed E-state index contributed by atoms with van der Waals surface area (Å²) in [5.74, 6) is 0.535. The molecular weight excluding hydrogens is 258 g/mol. The first-order valence-electron chi connectivity index (χ1n) is 5.53. The molecule has 2 rings (SSSR count). The lowest BCUT2D eigenvalue weighted by Gasteiger charge is -2.19. The molecule has 1 aliphatic rings. The lowest BCUT2D eigenvalue weighted by Crippen LogP contribution is -2.28. The van der Waals surface area contributed by atoms with E-state index < -0.39 is 21.7 Å². The van der Waals surface area contributed by atoms with Gasteiger partial charge in [-0.15, -0.1) is 0 Å². The lowest BCUT2D eigenvalue weighted by atomic mass is 10.3. The van der Waals surface area contributed by atoms with E-state index in [0.29, 0.717) is 24.7 Å². The van der Waals surface area contributed by atoms with Gasteiger partial charge in [0.05, 0.1) is 16.8 Å². The van der Waals surface area contributed by atoms with Crippen LogP contribution in [0.15, 0.2) is 23.1 Å². The van der Waals surface area contributed by atoms with Crippen LogP contribution >= 0.6 is 0 Å². The standard InChI is InChI=1S/C11H15NO5S/c12-6-8(13)7-18(14,15)9-1-2-10-11(5-9)17-4-3-16-10/h1-2,5,8,13H,3-4,6-7,12H2. The van der Waals surface area contributed by atoms with Crippen molar-refractivity contribution in [3.05, 3.63) is 18.2 Å². The molecule has 0 bridgehead atoms. The van der Waals surface area contributed by atoms with Crippen LogP contribution in [0, 0.1) is 0 Å². The van der Waals surface area contributed by atoms with Gasteiger partial charge >= 0.3 is 0 Å². The van der Waals surface area contributed by atoms with Crippen molar-refractivity contribution >= 4 is 9.84 Å². The third-order valence-corrected chi connectivity index (χ3v) is 4.35. The third-order valence-electron chi connectivity index (χ3n) is 2.56. The van der Waals surface area contributed by atoms with Gasteiger partial charge in [0.15, 0.2) is 21.3 Å². The van der Waals surface area contributed by atoms with E-state index in [9.17, 15) is 13.5 Å². The van der Waals surface area contributed by atoms with Gasteiger partial charge in [0.2, 0.25) is 0 Å². The van der Waals surface area contributed by atoms with Crippen molar-refractivity contribution in [2.24, 2.45) is 5.73 Å². The van der Waals surface area contributed by atoms with Gasteiger partial charge in [-0.2, -0.15) is 0 Å². The number of ether oxygens (including phenoxy) is 2. The average Bonchev–Trinajstić information content (AvgIpc) is 2.37. The molecule has 0 aromatic heterocycles. The van der Waals surface area contributed by atoms with E-state index in [1.165, 1.54) is 12.1 Å². The molecule has 1 heterocycles. The van der Waals surface area contributed by atoms with Gasteiger partial charge < -0.3 is 20.3 Å². The fourth-order valence-corrected chi connectivity index (χ4v) is 3.03. The van der Waals surface area contributed by atoms with Gasteiger partial charge in [-0.1, -0.05) is 0 Å². The van der Waals surface area contributed by atoms with Crippen molar-refractivity contribution in [1.29, 1.82) is 0 Å². The van der Waals surface area contributed by atoms with Gasteiger partial charge in [0.1, 0.15) is 13.2 Å². The molecule has 1 unspecified atom stereocenters. The molecule has 1 aromatic carbocycles. The zero-order valence-electron chi connectivity index (χ0n) is 9.70. The topological polar surface area (TPSA) is 98.9 Å². The van der Waals surface area contributed by atoms with E-state index in [1.807, 2.05) is 0 Å². The molecule has 0 aliphatic carbocycles. The Bertz CT molecular complexity index is 528. The summed E-state index contributed by atoms with van der Waals surface area (Å²) in [6.45, 7) is 0.747. The van der Waals surface area contributed by atoms with Crippen molar-refractivity contribution in [2.45, 2.75) is 11.0 Å². The highest BCUT2D eigenvalue weighted by atomic mass is 32.2. The summed E-state index contributed by atoms with van der Waals surface area (Å²) >= 11 is 0. The minimum atomic E-state index is -3.57. The second-order valence-corrected chi connectivity index (χ2v) is 6.01. The number of sulfone groups is 1. The van der Waals surface area contributed by atoms with E-state index >= 15 is 0 Å². The number of fused-ring (bicyclic) bond motifs is 1. The Labute approximate surface area is 105 Å². The Kier molecular flexibility index (Phi) is 3.74. The fourth-order valence-electron chi connectivity index (χ4n) is 1.63. The molecule has 18 heavy (non-hydrogen) atoms. The van der Waals surface area contributed by atoms with Gasteiger partial charge in [-0.05, 0) is 12.1 Å². The Morgan fingerprint density at radius 2 is 1.94 bits per heavy atom. The van der Waals surface area contributed by atoms with Crippen LogP contribution in [0.5, 0.6) is 11.5 Å². The normalized spacial score (nSPS) is 16.3.